The molecule has 1 N–H and O–H groups in total. The van der Waals surface area contributed by atoms with Crippen molar-refractivity contribution in [2.75, 3.05) is 7.11 Å². The number of ether oxygens (including phenoxy) is 1. The molecule has 1 aromatic heterocycles. The lowest BCUT2D eigenvalue weighted by atomic mass is 9.94. The number of amides is 1. The van der Waals surface area contributed by atoms with Crippen LogP contribution in [0.2, 0.25) is 0 Å². The third kappa shape index (κ3) is 4.83. The van der Waals surface area contributed by atoms with E-state index in [2.05, 4.69) is 10.3 Å². The van der Waals surface area contributed by atoms with E-state index >= 15 is 0 Å². The Bertz CT molecular complexity index is 490. The van der Waals surface area contributed by atoms with Gasteiger partial charge in [-0.05, 0) is 37.0 Å². The van der Waals surface area contributed by atoms with Crippen molar-refractivity contribution < 1.29 is 14.3 Å². The maximum atomic E-state index is 12.2. The first-order valence-corrected chi connectivity index (χ1v) is 7.97. The average molecular weight is 304 g/mol. The van der Waals surface area contributed by atoms with Gasteiger partial charge in [0.25, 0.3) is 0 Å². The first kappa shape index (κ1) is 16.5. The molecule has 1 aliphatic rings. The molecule has 0 bridgehead atoms. The lowest BCUT2D eigenvalue weighted by Crippen LogP contribution is -2.43. The van der Waals surface area contributed by atoms with E-state index in [-0.39, 0.29) is 23.8 Å². The van der Waals surface area contributed by atoms with Crippen molar-refractivity contribution in [1.29, 1.82) is 0 Å². The topological polar surface area (TPSA) is 68.3 Å². The van der Waals surface area contributed by atoms with Crippen molar-refractivity contribution in [2.45, 2.75) is 51.0 Å². The molecule has 120 valence electrons. The molecule has 1 aliphatic carbocycles. The van der Waals surface area contributed by atoms with Gasteiger partial charge >= 0.3 is 5.97 Å². The quantitative estimate of drug-likeness (QED) is 0.669. The maximum absolute atomic E-state index is 12.2. The summed E-state index contributed by atoms with van der Waals surface area (Å²) in [7, 11) is 1.41. The van der Waals surface area contributed by atoms with Crippen LogP contribution in [0.1, 0.15) is 44.1 Å². The van der Waals surface area contributed by atoms with Crippen LogP contribution in [-0.2, 0) is 20.7 Å². The van der Waals surface area contributed by atoms with Crippen molar-refractivity contribution in [2.24, 2.45) is 5.92 Å². The van der Waals surface area contributed by atoms with Crippen LogP contribution in [-0.4, -0.2) is 30.0 Å². The number of aromatic nitrogens is 1. The Balaban J connectivity index is 1.88. The zero-order valence-corrected chi connectivity index (χ0v) is 13.1. The Hall–Kier alpha value is -1.91. The van der Waals surface area contributed by atoms with Gasteiger partial charge in [0.2, 0.25) is 5.91 Å². The van der Waals surface area contributed by atoms with Crippen LogP contribution in [0.4, 0.5) is 0 Å². The fourth-order valence-electron chi connectivity index (χ4n) is 3.00. The van der Waals surface area contributed by atoms with Gasteiger partial charge < -0.3 is 10.1 Å². The number of esters is 1. The van der Waals surface area contributed by atoms with E-state index in [4.69, 9.17) is 4.74 Å². The van der Waals surface area contributed by atoms with Crippen molar-refractivity contribution in [3.63, 3.8) is 0 Å². The number of hydrogen-bond donors (Lipinski definition) is 1. The van der Waals surface area contributed by atoms with Crippen LogP contribution < -0.4 is 5.32 Å². The van der Waals surface area contributed by atoms with Crippen molar-refractivity contribution in [3.05, 3.63) is 30.1 Å². The highest BCUT2D eigenvalue weighted by atomic mass is 16.5. The molecule has 5 heteroatoms. The normalized spacial score (nSPS) is 21.7. The molecule has 1 fully saturated rings. The number of pyridine rings is 1. The molecular weight excluding hydrogens is 280 g/mol. The Kier molecular flexibility index (Phi) is 6.37. The standard InChI is InChI=1S/C17H24N2O3/c1-22-17(21)14-5-3-2-4-6-15(14)19-16(20)8-7-13-9-11-18-12-10-13/h9-12,14-15H,2-8H2,1H3,(H,19,20)/t14-,15-/m1/s1. The van der Waals surface area contributed by atoms with E-state index in [1.807, 2.05) is 12.1 Å². The summed E-state index contributed by atoms with van der Waals surface area (Å²) in [5.74, 6) is -0.420. The fraction of sp³-hybridized carbons (Fsp3) is 0.588. The van der Waals surface area contributed by atoms with E-state index in [1.165, 1.54) is 7.11 Å². The molecule has 5 nitrogen and oxygen atoms in total. The van der Waals surface area contributed by atoms with Crippen molar-refractivity contribution in [3.8, 4) is 0 Å². The summed E-state index contributed by atoms with van der Waals surface area (Å²) in [5, 5.41) is 3.04. The number of methoxy groups -OCH3 is 1. The second-order valence-corrected chi connectivity index (χ2v) is 5.80. The molecular formula is C17H24N2O3. The molecule has 0 unspecified atom stereocenters. The molecule has 22 heavy (non-hydrogen) atoms. The van der Waals surface area contributed by atoms with Gasteiger partial charge in [0.15, 0.2) is 0 Å². The zero-order chi connectivity index (χ0) is 15.8. The van der Waals surface area contributed by atoms with Gasteiger partial charge in [-0.25, -0.2) is 0 Å². The Morgan fingerprint density at radius 1 is 1.23 bits per heavy atom. The Labute approximate surface area is 131 Å². The van der Waals surface area contributed by atoms with Gasteiger partial charge in [-0.3, -0.25) is 14.6 Å². The highest BCUT2D eigenvalue weighted by Gasteiger charge is 2.31. The second-order valence-electron chi connectivity index (χ2n) is 5.80. The lowest BCUT2D eigenvalue weighted by Gasteiger charge is -2.24. The summed E-state index contributed by atoms with van der Waals surface area (Å²) in [5.41, 5.74) is 1.09. The molecule has 1 heterocycles. The summed E-state index contributed by atoms with van der Waals surface area (Å²) >= 11 is 0. The van der Waals surface area contributed by atoms with E-state index in [0.717, 1.165) is 37.7 Å². The molecule has 0 saturated heterocycles. The van der Waals surface area contributed by atoms with Gasteiger partial charge in [-0.1, -0.05) is 19.3 Å². The van der Waals surface area contributed by atoms with Gasteiger partial charge in [-0.15, -0.1) is 0 Å². The lowest BCUT2D eigenvalue weighted by molar-refractivity contribution is -0.147. The summed E-state index contributed by atoms with van der Waals surface area (Å²) in [6, 6.07) is 3.73. The first-order valence-electron chi connectivity index (χ1n) is 7.97. The summed E-state index contributed by atoms with van der Waals surface area (Å²) < 4.78 is 4.89. The minimum atomic E-state index is -0.211. The van der Waals surface area contributed by atoms with Crippen LogP contribution in [0.5, 0.6) is 0 Å². The number of nitrogens with zero attached hydrogens (tertiary/aromatic N) is 1. The Morgan fingerprint density at radius 2 is 1.95 bits per heavy atom. The molecule has 1 saturated carbocycles. The number of hydrogen-bond acceptors (Lipinski definition) is 4. The fourth-order valence-corrected chi connectivity index (χ4v) is 3.00. The first-order chi connectivity index (χ1) is 10.7. The number of carbonyl (C=O) groups excluding carboxylic acids is 2. The molecule has 0 aromatic carbocycles. The van der Waals surface area contributed by atoms with Crippen LogP contribution in [0, 0.1) is 5.92 Å². The molecule has 2 rings (SSSR count). The number of carbonyl (C=O) groups is 2. The van der Waals surface area contributed by atoms with E-state index in [1.54, 1.807) is 12.4 Å². The highest BCUT2D eigenvalue weighted by Crippen LogP contribution is 2.24. The summed E-state index contributed by atoms with van der Waals surface area (Å²) in [6.45, 7) is 0. The van der Waals surface area contributed by atoms with Crippen molar-refractivity contribution in [1.82, 2.24) is 10.3 Å². The molecule has 1 aromatic rings. The van der Waals surface area contributed by atoms with Gasteiger partial charge in [0.1, 0.15) is 0 Å². The molecule has 0 spiro atoms. The minimum absolute atomic E-state index is 0.00221. The molecule has 0 aliphatic heterocycles. The average Bonchev–Trinajstić information content (AvgIpc) is 2.78. The predicted octanol–water partition coefficient (Wildman–Crippen LogP) is 2.25. The third-order valence-electron chi connectivity index (χ3n) is 4.26. The number of nitrogens with one attached hydrogen (secondary N) is 1. The minimum Gasteiger partial charge on any atom is -0.469 e. The van der Waals surface area contributed by atoms with Gasteiger partial charge in [0.05, 0.1) is 13.0 Å². The number of aryl methyl sites for hydroxylation is 1. The summed E-state index contributed by atoms with van der Waals surface area (Å²) in [6.07, 6.45) is 9.38. The highest BCUT2D eigenvalue weighted by molar-refractivity contribution is 5.78. The van der Waals surface area contributed by atoms with E-state index in [9.17, 15) is 9.59 Å². The number of rotatable bonds is 5. The largest absolute Gasteiger partial charge is 0.469 e. The maximum Gasteiger partial charge on any atom is 0.310 e. The zero-order valence-electron chi connectivity index (χ0n) is 13.1. The molecule has 2 atom stereocenters. The van der Waals surface area contributed by atoms with Crippen molar-refractivity contribution >= 4 is 11.9 Å². The van der Waals surface area contributed by atoms with E-state index < -0.39 is 0 Å². The second kappa shape index (κ2) is 8.51. The smallest absolute Gasteiger partial charge is 0.310 e. The predicted molar refractivity (Wildman–Crippen MR) is 83.1 cm³/mol. The Morgan fingerprint density at radius 3 is 2.68 bits per heavy atom. The van der Waals surface area contributed by atoms with Gasteiger partial charge in [0, 0.05) is 24.9 Å². The monoisotopic (exact) mass is 304 g/mol. The van der Waals surface area contributed by atoms with Crippen LogP contribution >= 0.6 is 0 Å². The van der Waals surface area contributed by atoms with Gasteiger partial charge in [-0.2, -0.15) is 0 Å². The summed E-state index contributed by atoms with van der Waals surface area (Å²) in [4.78, 5) is 28.0. The van der Waals surface area contributed by atoms with E-state index in [0.29, 0.717) is 12.8 Å². The van der Waals surface area contributed by atoms with Crippen LogP contribution in [0.25, 0.3) is 0 Å². The molecule has 1 amide bonds. The van der Waals surface area contributed by atoms with Crippen LogP contribution in [0.3, 0.4) is 0 Å². The SMILES string of the molecule is COC(=O)[C@@H]1CCCCC[C@H]1NC(=O)CCc1ccncc1. The third-order valence-corrected chi connectivity index (χ3v) is 4.26. The van der Waals surface area contributed by atoms with Crippen LogP contribution in [0.15, 0.2) is 24.5 Å². The molecule has 0 radical (unpaired) electrons.